The summed E-state index contributed by atoms with van der Waals surface area (Å²) < 4.78 is 23.4. The molecule has 0 spiro atoms. The van der Waals surface area contributed by atoms with Crippen LogP contribution in [0.1, 0.15) is 44.9 Å². The number of rotatable bonds is 9. The Morgan fingerprint density at radius 1 is 1.10 bits per heavy atom. The normalized spacial score (nSPS) is 15.0. The van der Waals surface area contributed by atoms with Crippen molar-refractivity contribution in [2.75, 3.05) is 20.3 Å². The number of methoxy groups -OCH3 is 1. The number of thiazole rings is 1. The molecule has 0 N–H and O–H groups in total. The van der Waals surface area contributed by atoms with Gasteiger partial charge in [-0.1, -0.05) is 47.7 Å². The van der Waals surface area contributed by atoms with Gasteiger partial charge in [0, 0.05) is 0 Å². The maximum absolute atomic E-state index is 13.8. The Hall–Kier alpha value is -4.18. The average Bonchev–Trinajstić information content (AvgIpc) is 3.21. The van der Waals surface area contributed by atoms with Crippen LogP contribution in [0.3, 0.4) is 0 Å². The zero-order chi connectivity index (χ0) is 28.1. The number of ether oxygens (including phenoxy) is 4. The lowest BCUT2D eigenvalue weighted by Gasteiger charge is -2.25. The highest BCUT2D eigenvalue weighted by molar-refractivity contribution is 7.07. The number of benzene rings is 2. The Balaban J connectivity index is 1.81. The molecule has 39 heavy (non-hydrogen) atoms. The topological polar surface area (TPSA) is 105 Å². The van der Waals surface area contributed by atoms with Crippen molar-refractivity contribution in [3.8, 4) is 11.5 Å². The van der Waals surface area contributed by atoms with Gasteiger partial charge in [-0.05, 0) is 57.0 Å². The number of allylic oxidation sites excluding steroid dienone is 1. The molecule has 1 aliphatic heterocycles. The Labute approximate surface area is 229 Å². The van der Waals surface area contributed by atoms with Crippen LogP contribution in [0.2, 0.25) is 0 Å². The zero-order valence-electron chi connectivity index (χ0n) is 22.4. The SMILES string of the molecule is CCOc1cc(C=c2sc3n(c2=O)C(c2ccccc2)C(C(=O)OC(C)C)=C(C)N=3)ccc1OCC(=O)OC. The van der Waals surface area contributed by atoms with Crippen molar-refractivity contribution in [3.05, 3.63) is 90.6 Å². The third-order valence-corrected chi connectivity index (χ3v) is 6.82. The summed E-state index contributed by atoms with van der Waals surface area (Å²) >= 11 is 1.24. The number of carbonyl (C=O) groups excluding carboxylic acids is 2. The van der Waals surface area contributed by atoms with Crippen LogP contribution in [0, 0.1) is 0 Å². The summed E-state index contributed by atoms with van der Waals surface area (Å²) in [4.78, 5) is 43.5. The summed E-state index contributed by atoms with van der Waals surface area (Å²) in [5.74, 6) is -0.200. The summed E-state index contributed by atoms with van der Waals surface area (Å²) in [6.45, 7) is 7.28. The van der Waals surface area contributed by atoms with Crippen molar-refractivity contribution in [3.63, 3.8) is 0 Å². The standard InChI is InChI=1S/C29H30N2O7S/c1-6-36-22-14-19(12-13-21(22)37-16-24(32)35-5)15-23-27(33)31-26(20-10-8-7-9-11-20)25(28(34)38-17(2)3)18(4)30-29(31)39-23/h7-15,17,26H,6,16H2,1-5H3. The molecule has 0 aliphatic carbocycles. The fourth-order valence-electron chi connectivity index (χ4n) is 4.16. The van der Waals surface area contributed by atoms with Crippen LogP contribution in [0.5, 0.6) is 11.5 Å². The number of hydrogen-bond acceptors (Lipinski definition) is 9. The van der Waals surface area contributed by atoms with Gasteiger partial charge in [0.25, 0.3) is 5.56 Å². The van der Waals surface area contributed by atoms with Gasteiger partial charge >= 0.3 is 11.9 Å². The van der Waals surface area contributed by atoms with E-state index in [0.29, 0.717) is 44.3 Å². The Morgan fingerprint density at radius 3 is 2.51 bits per heavy atom. The lowest BCUT2D eigenvalue weighted by molar-refractivity contribution is -0.144. The van der Waals surface area contributed by atoms with E-state index in [1.807, 2.05) is 37.3 Å². The minimum atomic E-state index is -0.677. The molecule has 0 fully saturated rings. The molecule has 0 amide bonds. The second kappa shape index (κ2) is 12.1. The molecular formula is C29H30N2O7S. The van der Waals surface area contributed by atoms with E-state index in [2.05, 4.69) is 9.73 Å². The fraction of sp³-hybridized carbons (Fsp3) is 0.310. The molecule has 9 nitrogen and oxygen atoms in total. The zero-order valence-corrected chi connectivity index (χ0v) is 23.2. The van der Waals surface area contributed by atoms with E-state index in [-0.39, 0.29) is 18.3 Å². The number of fused-ring (bicyclic) bond motifs is 1. The minimum Gasteiger partial charge on any atom is -0.490 e. The van der Waals surface area contributed by atoms with Crippen molar-refractivity contribution in [1.82, 2.24) is 4.57 Å². The molecule has 10 heteroatoms. The van der Waals surface area contributed by atoms with Gasteiger partial charge in [-0.25, -0.2) is 14.6 Å². The molecule has 1 aliphatic rings. The van der Waals surface area contributed by atoms with Gasteiger partial charge in [0.05, 0.1) is 41.7 Å². The third-order valence-electron chi connectivity index (χ3n) is 5.84. The molecule has 1 aromatic heterocycles. The molecule has 0 radical (unpaired) electrons. The highest BCUT2D eigenvalue weighted by atomic mass is 32.1. The largest absolute Gasteiger partial charge is 0.490 e. The van der Waals surface area contributed by atoms with Crippen LogP contribution >= 0.6 is 11.3 Å². The smallest absolute Gasteiger partial charge is 0.343 e. The average molecular weight is 551 g/mol. The van der Waals surface area contributed by atoms with Gasteiger partial charge in [-0.3, -0.25) is 9.36 Å². The van der Waals surface area contributed by atoms with Crippen molar-refractivity contribution in [2.45, 2.75) is 39.8 Å². The van der Waals surface area contributed by atoms with Crippen molar-refractivity contribution < 1.29 is 28.5 Å². The lowest BCUT2D eigenvalue weighted by Crippen LogP contribution is -2.40. The molecule has 1 unspecified atom stereocenters. The highest BCUT2D eigenvalue weighted by Crippen LogP contribution is 2.31. The summed E-state index contributed by atoms with van der Waals surface area (Å²) in [5, 5.41) is 0. The van der Waals surface area contributed by atoms with E-state index in [4.69, 9.17) is 14.2 Å². The molecule has 3 aromatic rings. The molecule has 204 valence electrons. The lowest BCUT2D eigenvalue weighted by atomic mass is 9.96. The fourth-order valence-corrected chi connectivity index (χ4v) is 5.21. The van der Waals surface area contributed by atoms with Gasteiger partial charge in [-0.15, -0.1) is 0 Å². The van der Waals surface area contributed by atoms with E-state index in [1.165, 1.54) is 18.4 Å². The third kappa shape index (κ3) is 6.12. The number of esters is 2. The first-order chi connectivity index (χ1) is 18.7. The number of aromatic nitrogens is 1. The van der Waals surface area contributed by atoms with Gasteiger partial charge in [0.15, 0.2) is 22.9 Å². The summed E-state index contributed by atoms with van der Waals surface area (Å²) in [6.07, 6.45) is 1.42. The number of hydrogen-bond donors (Lipinski definition) is 0. The molecule has 0 saturated carbocycles. The summed E-state index contributed by atoms with van der Waals surface area (Å²) in [5.41, 5.74) is 2.04. The summed E-state index contributed by atoms with van der Waals surface area (Å²) in [7, 11) is 1.29. The second-order valence-electron chi connectivity index (χ2n) is 8.95. The summed E-state index contributed by atoms with van der Waals surface area (Å²) in [6, 6.07) is 13.9. The Kier molecular flexibility index (Phi) is 8.65. The molecule has 2 aromatic carbocycles. The monoisotopic (exact) mass is 550 g/mol. The van der Waals surface area contributed by atoms with E-state index in [1.54, 1.807) is 49.6 Å². The van der Waals surface area contributed by atoms with Crippen molar-refractivity contribution in [2.24, 2.45) is 4.99 Å². The van der Waals surface area contributed by atoms with Crippen LogP contribution in [0.25, 0.3) is 6.08 Å². The first kappa shape index (κ1) is 27.8. The molecule has 2 heterocycles. The van der Waals surface area contributed by atoms with E-state index in [0.717, 1.165) is 5.56 Å². The van der Waals surface area contributed by atoms with Gasteiger partial charge in [0.2, 0.25) is 0 Å². The Morgan fingerprint density at radius 2 is 1.85 bits per heavy atom. The first-order valence-electron chi connectivity index (χ1n) is 12.5. The Bertz CT molecular complexity index is 1590. The highest BCUT2D eigenvalue weighted by Gasteiger charge is 2.33. The van der Waals surface area contributed by atoms with Crippen molar-refractivity contribution in [1.29, 1.82) is 0 Å². The van der Waals surface area contributed by atoms with Crippen molar-refractivity contribution >= 4 is 29.4 Å². The maximum atomic E-state index is 13.8. The molecule has 0 saturated heterocycles. The minimum absolute atomic E-state index is 0.255. The van der Waals surface area contributed by atoms with Crippen LogP contribution in [-0.4, -0.2) is 42.9 Å². The van der Waals surface area contributed by atoms with Crippen LogP contribution in [-0.2, 0) is 19.1 Å². The van der Waals surface area contributed by atoms with E-state index < -0.39 is 18.0 Å². The first-order valence-corrected chi connectivity index (χ1v) is 13.3. The van der Waals surface area contributed by atoms with Gasteiger partial charge < -0.3 is 18.9 Å². The van der Waals surface area contributed by atoms with Crippen LogP contribution in [0.4, 0.5) is 0 Å². The molecule has 1 atom stereocenters. The van der Waals surface area contributed by atoms with E-state index >= 15 is 0 Å². The number of nitrogens with zero attached hydrogens (tertiary/aromatic N) is 2. The quantitative estimate of drug-likeness (QED) is 0.377. The molecule has 0 bridgehead atoms. The van der Waals surface area contributed by atoms with Crippen LogP contribution < -0.4 is 24.4 Å². The molecular weight excluding hydrogens is 520 g/mol. The van der Waals surface area contributed by atoms with Crippen LogP contribution in [0.15, 0.2) is 69.6 Å². The predicted octanol–water partition coefficient (Wildman–Crippen LogP) is 3.14. The molecule has 4 rings (SSSR count). The number of carbonyl (C=O) groups is 2. The maximum Gasteiger partial charge on any atom is 0.343 e. The second-order valence-corrected chi connectivity index (χ2v) is 9.96. The predicted molar refractivity (Wildman–Crippen MR) is 147 cm³/mol. The van der Waals surface area contributed by atoms with Gasteiger partial charge in [0.1, 0.15) is 0 Å². The van der Waals surface area contributed by atoms with E-state index in [9.17, 15) is 14.4 Å². The van der Waals surface area contributed by atoms with Gasteiger partial charge in [-0.2, -0.15) is 0 Å².